The first-order chi connectivity index (χ1) is 7.33. The summed E-state index contributed by atoms with van der Waals surface area (Å²) >= 11 is 0. The van der Waals surface area contributed by atoms with E-state index in [0.717, 1.165) is 12.8 Å². The summed E-state index contributed by atoms with van der Waals surface area (Å²) in [6.45, 7) is 0.141. The van der Waals surface area contributed by atoms with Crippen LogP contribution < -0.4 is 0 Å². The Labute approximate surface area is 90.9 Å². The summed E-state index contributed by atoms with van der Waals surface area (Å²) in [7, 11) is 0. The van der Waals surface area contributed by atoms with Crippen LogP contribution in [0.4, 0.5) is 0 Å². The first-order valence-corrected chi connectivity index (χ1v) is 5.32. The molecule has 2 nitrogen and oxygen atoms in total. The molecule has 1 aromatic rings. The minimum Gasteiger partial charge on any atom is -0.396 e. The number of rotatable bonds is 6. The highest BCUT2D eigenvalue weighted by molar-refractivity contribution is 5.14. The first-order valence-electron chi connectivity index (χ1n) is 5.32. The van der Waals surface area contributed by atoms with Crippen LogP contribution in [-0.2, 0) is 6.42 Å². The number of aliphatic hydroxyl groups excluding tert-OH is 2. The van der Waals surface area contributed by atoms with E-state index in [1.807, 2.05) is 24.3 Å². The van der Waals surface area contributed by atoms with Gasteiger partial charge in [-0.3, -0.25) is 0 Å². The van der Waals surface area contributed by atoms with Gasteiger partial charge in [0.25, 0.3) is 0 Å². The smallest absolute Gasteiger partial charge is 0.0724 e. The third kappa shape index (κ3) is 5.35. The van der Waals surface area contributed by atoms with Gasteiger partial charge in [-0.2, -0.15) is 0 Å². The molecule has 0 aliphatic carbocycles. The molecule has 1 atom stereocenters. The van der Waals surface area contributed by atoms with E-state index < -0.39 is 6.10 Å². The van der Waals surface area contributed by atoms with E-state index in [2.05, 4.69) is 12.1 Å². The van der Waals surface area contributed by atoms with Crippen molar-refractivity contribution >= 4 is 0 Å². The summed E-state index contributed by atoms with van der Waals surface area (Å²) in [6.07, 6.45) is 5.38. The lowest BCUT2D eigenvalue weighted by atomic mass is 10.1. The molecule has 0 bridgehead atoms. The highest BCUT2D eigenvalue weighted by Gasteiger charge is 1.99. The lowest BCUT2D eigenvalue weighted by Crippen LogP contribution is -2.03. The van der Waals surface area contributed by atoms with Crippen LogP contribution in [0.2, 0.25) is 0 Å². The lowest BCUT2D eigenvalue weighted by molar-refractivity contribution is 0.212. The van der Waals surface area contributed by atoms with E-state index in [1.54, 1.807) is 6.08 Å². The molecule has 0 fully saturated rings. The van der Waals surface area contributed by atoms with Crippen molar-refractivity contribution in [3.63, 3.8) is 0 Å². The molecule has 0 spiro atoms. The molecular weight excluding hydrogens is 188 g/mol. The van der Waals surface area contributed by atoms with Gasteiger partial charge in [0.1, 0.15) is 0 Å². The number of benzene rings is 1. The van der Waals surface area contributed by atoms with Crippen molar-refractivity contribution < 1.29 is 10.2 Å². The lowest BCUT2D eigenvalue weighted by Gasteiger charge is -2.05. The molecule has 2 N–H and O–H groups in total. The summed E-state index contributed by atoms with van der Waals surface area (Å²) < 4.78 is 0. The van der Waals surface area contributed by atoms with Gasteiger partial charge in [-0.05, 0) is 24.8 Å². The van der Waals surface area contributed by atoms with Crippen molar-refractivity contribution in [2.24, 2.45) is 0 Å². The quantitative estimate of drug-likeness (QED) is 0.698. The van der Waals surface area contributed by atoms with Crippen LogP contribution in [0.3, 0.4) is 0 Å². The summed E-state index contributed by atoms with van der Waals surface area (Å²) in [5.74, 6) is 0. The third-order valence-electron chi connectivity index (χ3n) is 2.23. The van der Waals surface area contributed by atoms with Gasteiger partial charge in [-0.25, -0.2) is 0 Å². The van der Waals surface area contributed by atoms with Gasteiger partial charge >= 0.3 is 0 Å². The largest absolute Gasteiger partial charge is 0.396 e. The molecule has 0 heterocycles. The number of aliphatic hydroxyl groups is 2. The minimum absolute atomic E-state index is 0.141. The van der Waals surface area contributed by atoms with E-state index in [-0.39, 0.29) is 6.61 Å². The average Bonchev–Trinajstić information content (AvgIpc) is 2.28. The van der Waals surface area contributed by atoms with Gasteiger partial charge in [0.2, 0.25) is 0 Å². The van der Waals surface area contributed by atoms with Gasteiger partial charge < -0.3 is 10.2 Å². The summed E-state index contributed by atoms with van der Waals surface area (Å²) in [5, 5.41) is 18.1. The van der Waals surface area contributed by atoms with Crippen LogP contribution in [0.25, 0.3) is 0 Å². The zero-order valence-corrected chi connectivity index (χ0v) is 8.84. The maximum atomic E-state index is 9.57. The van der Waals surface area contributed by atoms with Crippen molar-refractivity contribution in [1.82, 2.24) is 0 Å². The molecule has 0 radical (unpaired) electrons. The van der Waals surface area contributed by atoms with E-state index in [1.165, 1.54) is 5.56 Å². The zero-order chi connectivity index (χ0) is 10.9. The Kier molecular flexibility index (Phi) is 5.74. The number of hydrogen-bond donors (Lipinski definition) is 2. The molecule has 0 amide bonds. The van der Waals surface area contributed by atoms with Crippen molar-refractivity contribution in [1.29, 1.82) is 0 Å². The van der Waals surface area contributed by atoms with E-state index in [0.29, 0.717) is 6.42 Å². The second kappa shape index (κ2) is 7.21. The summed E-state index contributed by atoms with van der Waals surface area (Å²) in [4.78, 5) is 0. The molecule has 0 saturated heterocycles. The van der Waals surface area contributed by atoms with Crippen LogP contribution in [0, 0.1) is 0 Å². The predicted molar refractivity (Wildman–Crippen MR) is 61.6 cm³/mol. The van der Waals surface area contributed by atoms with Gasteiger partial charge in [0.05, 0.1) is 6.10 Å². The second-order valence-electron chi connectivity index (χ2n) is 3.53. The van der Waals surface area contributed by atoms with Crippen molar-refractivity contribution in [3.05, 3.63) is 48.0 Å². The Morgan fingerprint density at radius 2 is 1.93 bits per heavy atom. The van der Waals surface area contributed by atoms with Gasteiger partial charge in [-0.1, -0.05) is 42.5 Å². The Morgan fingerprint density at radius 3 is 2.60 bits per heavy atom. The molecule has 82 valence electrons. The molecule has 15 heavy (non-hydrogen) atoms. The fourth-order valence-corrected chi connectivity index (χ4v) is 1.38. The molecular formula is C13H18O2. The monoisotopic (exact) mass is 206 g/mol. The summed E-state index contributed by atoms with van der Waals surface area (Å²) in [6, 6.07) is 10.1. The van der Waals surface area contributed by atoms with Crippen LogP contribution in [0.15, 0.2) is 42.5 Å². The highest BCUT2D eigenvalue weighted by atomic mass is 16.3. The predicted octanol–water partition coefficient (Wildman–Crippen LogP) is 1.92. The molecule has 0 saturated carbocycles. The number of hydrogen-bond acceptors (Lipinski definition) is 2. The molecule has 1 aromatic carbocycles. The van der Waals surface area contributed by atoms with Crippen molar-refractivity contribution in [2.45, 2.75) is 25.4 Å². The topological polar surface area (TPSA) is 40.5 Å². The molecule has 1 rings (SSSR count). The third-order valence-corrected chi connectivity index (χ3v) is 2.23. The molecule has 2 heteroatoms. The maximum Gasteiger partial charge on any atom is 0.0724 e. The molecule has 0 aromatic heterocycles. The number of aryl methyl sites for hydroxylation is 1. The zero-order valence-electron chi connectivity index (χ0n) is 8.84. The fraction of sp³-hybridized carbons (Fsp3) is 0.385. The molecule has 0 aliphatic rings. The normalized spacial score (nSPS) is 13.2. The molecule has 0 aliphatic heterocycles. The van der Waals surface area contributed by atoms with E-state index in [9.17, 15) is 5.11 Å². The van der Waals surface area contributed by atoms with Crippen molar-refractivity contribution in [3.8, 4) is 0 Å². The summed E-state index contributed by atoms with van der Waals surface area (Å²) in [5.41, 5.74) is 1.24. The SMILES string of the molecule is OCC/C=C/[C@@H](O)CCc1ccccc1. The van der Waals surface area contributed by atoms with Crippen LogP contribution in [0.5, 0.6) is 0 Å². The second-order valence-corrected chi connectivity index (χ2v) is 3.53. The minimum atomic E-state index is -0.406. The van der Waals surface area contributed by atoms with E-state index in [4.69, 9.17) is 5.11 Å². The van der Waals surface area contributed by atoms with Crippen molar-refractivity contribution in [2.75, 3.05) is 6.61 Å². The average molecular weight is 206 g/mol. The van der Waals surface area contributed by atoms with Gasteiger partial charge in [0.15, 0.2) is 0 Å². The maximum absolute atomic E-state index is 9.57. The van der Waals surface area contributed by atoms with E-state index >= 15 is 0 Å². The van der Waals surface area contributed by atoms with Gasteiger partial charge in [0, 0.05) is 6.61 Å². The molecule has 0 unspecified atom stereocenters. The van der Waals surface area contributed by atoms with Gasteiger partial charge in [-0.15, -0.1) is 0 Å². The Morgan fingerprint density at radius 1 is 1.20 bits per heavy atom. The Balaban J connectivity index is 2.25. The Hall–Kier alpha value is -1.12. The van der Waals surface area contributed by atoms with Crippen LogP contribution in [0.1, 0.15) is 18.4 Å². The fourth-order valence-electron chi connectivity index (χ4n) is 1.38. The van der Waals surface area contributed by atoms with Crippen LogP contribution >= 0.6 is 0 Å². The Bertz CT molecular complexity index is 280. The standard InChI is InChI=1S/C13H18O2/c14-11-5-4-8-13(15)10-9-12-6-2-1-3-7-12/h1-4,6-8,13-15H,5,9-11H2/b8-4+/t13-/m1/s1. The highest BCUT2D eigenvalue weighted by Crippen LogP contribution is 2.05. The van der Waals surface area contributed by atoms with Crippen LogP contribution in [-0.4, -0.2) is 22.9 Å². The first kappa shape index (κ1) is 12.0.